The van der Waals surface area contributed by atoms with Crippen LogP contribution in [0.3, 0.4) is 0 Å². The molecular formula is C19H22F3N7O. The third kappa shape index (κ3) is 4.85. The topological polar surface area (TPSA) is 123 Å². The highest BCUT2D eigenvalue weighted by molar-refractivity contribution is 5.98. The first-order valence-corrected chi connectivity index (χ1v) is 9.24. The van der Waals surface area contributed by atoms with Gasteiger partial charge in [0.15, 0.2) is 0 Å². The Kier molecular flexibility index (Phi) is 5.92. The van der Waals surface area contributed by atoms with Crippen molar-refractivity contribution in [2.24, 2.45) is 11.5 Å². The van der Waals surface area contributed by atoms with Gasteiger partial charge in [0, 0.05) is 31.0 Å². The van der Waals surface area contributed by atoms with Crippen LogP contribution in [0.15, 0.2) is 24.9 Å². The van der Waals surface area contributed by atoms with Crippen LogP contribution in [0.5, 0.6) is 0 Å². The number of primary amides is 1. The number of aromatic nitrogens is 3. The van der Waals surface area contributed by atoms with Gasteiger partial charge in [-0.05, 0) is 37.5 Å². The number of carbonyl (C=O) groups is 1. The highest BCUT2D eigenvalue weighted by atomic mass is 19.4. The lowest BCUT2D eigenvalue weighted by Crippen LogP contribution is -2.43. The summed E-state index contributed by atoms with van der Waals surface area (Å²) in [5.41, 5.74) is 10.7. The summed E-state index contributed by atoms with van der Waals surface area (Å²) >= 11 is 0. The maximum absolute atomic E-state index is 13.3. The molecule has 1 amide bonds. The van der Waals surface area contributed by atoms with Crippen molar-refractivity contribution in [1.29, 1.82) is 0 Å². The normalized spacial score (nSPS) is 17.0. The third-order valence-electron chi connectivity index (χ3n) is 4.60. The first-order chi connectivity index (χ1) is 14.0. The van der Waals surface area contributed by atoms with Crippen molar-refractivity contribution in [2.45, 2.75) is 32.0 Å². The molecule has 1 atom stereocenters. The highest BCUT2D eigenvalue weighted by Gasteiger charge is 2.33. The van der Waals surface area contributed by atoms with Gasteiger partial charge in [-0.3, -0.25) is 4.79 Å². The fraction of sp³-hybridized carbons (Fsp3) is 0.368. The standard InChI is InChI=1S/C19H22F3N7O/c1-10(2)14-6-12(7-15(27-14)19(20,21)22)26-17-13(16(24)30)8-25-18(28-17)29-5-3-4-11(23)9-29/h6-8,11H,1,3-5,9,23H2,2H3,(H2,24,30)(H,25,26,27,28)/t11-/m0/s1. The van der Waals surface area contributed by atoms with Gasteiger partial charge < -0.3 is 21.7 Å². The number of piperidine rings is 1. The number of nitrogens with zero attached hydrogens (tertiary/aromatic N) is 4. The molecule has 1 aliphatic heterocycles. The second-order valence-electron chi connectivity index (χ2n) is 7.17. The van der Waals surface area contributed by atoms with Crippen molar-refractivity contribution in [1.82, 2.24) is 15.0 Å². The molecule has 8 nitrogen and oxygen atoms in total. The van der Waals surface area contributed by atoms with Crippen LogP contribution in [0.1, 0.15) is 41.5 Å². The summed E-state index contributed by atoms with van der Waals surface area (Å²) < 4.78 is 39.8. The van der Waals surface area contributed by atoms with Crippen molar-refractivity contribution in [2.75, 3.05) is 23.3 Å². The minimum atomic E-state index is -4.66. The zero-order valence-electron chi connectivity index (χ0n) is 16.3. The van der Waals surface area contributed by atoms with E-state index in [9.17, 15) is 18.0 Å². The SMILES string of the molecule is C=C(C)c1cc(Nc2nc(N3CCC[C@H](N)C3)ncc2C(N)=O)cc(C(F)(F)F)n1. The summed E-state index contributed by atoms with van der Waals surface area (Å²) in [6.45, 7) is 6.40. The second kappa shape index (κ2) is 8.27. The summed E-state index contributed by atoms with van der Waals surface area (Å²) in [6, 6.07) is 2.18. The fourth-order valence-electron chi connectivity index (χ4n) is 3.10. The van der Waals surface area contributed by atoms with Gasteiger partial charge in [0.25, 0.3) is 5.91 Å². The van der Waals surface area contributed by atoms with Crippen LogP contribution >= 0.6 is 0 Å². The van der Waals surface area contributed by atoms with Gasteiger partial charge in [-0.2, -0.15) is 18.2 Å². The number of nitrogens with one attached hydrogen (secondary N) is 1. The van der Waals surface area contributed by atoms with Gasteiger partial charge in [0.2, 0.25) is 5.95 Å². The monoisotopic (exact) mass is 421 g/mol. The molecule has 11 heteroatoms. The molecule has 0 aliphatic carbocycles. The van der Waals surface area contributed by atoms with Crippen LogP contribution in [0.4, 0.5) is 30.6 Å². The molecule has 0 spiro atoms. The predicted octanol–water partition coefficient (Wildman–Crippen LogP) is 2.69. The minimum Gasteiger partial charge on any atom is -0.365 e. The van der Waals surface area contributed by atoms with Crippen molar-refractivity contribution in [3.05, 3.63) is 41.9 Å². The zero-order chi connectivity index (χ0) is 22.1. The van der Waals surface area contributed by atoms with E-state index in [2.05, 4.69) is 26.8 Å². The van der Waals surface area contributed by atoms with Crippen LogP contribution in [0.2, 0.25) is 0 Å². The van der Waals surface area contributed by atoms with Crippen molar-refractivity contribution in [3.63, 3.8) is 0 Å². The van der Waals surface area contributed by atoms with Crippen molar-refractivity contribution in [3.8, 4) is 0 Å². The van der Waals surface area contributed by atoms with E-state index in [1.165, 1.54) is 12.3 Å². The molecule has 5 N–H and O–H groups in total. The van der Waals surface area contributed by atoms with E-state index in [4.69, 9.17) is 11.5 Å². The lowest BCUT2D eigenvalue weighted by molar-refractivity contribution is -0.141. The van der Waals surface area contributed by atoms with E-state index < -0.39 is 17.8 Å². The first kappa shape index (κ1) is 21.5. The maximum Gasteiger partial charge on any atom is 0.433 e. The molecule has 160 valence electrons. The van der Waals surface area contributed by atoms with Gasteiger partial charge in [-0.1, -0.05) is 6.58 Å². The molecule has 1 aliphatic rings. The van der Waals surface area contributed by atoms with Crippen LogP contribution in [-0.4, -0.2) is 40.0 Å². The number of hydrogen-bond donors (Lipinski definition) is 3. The van der Waals surface area contributed by atoms with Gasteiger partial charge in [0.1, 0.15) is 17.1 Å². The summed E-state index contributed by atoms with van der Waals surface area (Å²) in [5.74, 6) is -0.508. The number of amides is 1. The van der Waals surface area contributed by atoms with E-state index in [1.54, 1.807) is 6.92 Å². The number of anilines is 3. The van der Waals surface area contributed by atoms with E-state index >= 15 is 0 Å². The van der Waals surface area contributed by atoms with E-state index in [0.717, 1.165) is 18.9 Å². The summed E-state index contributed by atoms with van der Waals surface area (Å²) in [7, 11) is 0. The number of alkyl halides is 3. The molecule has 0 saturated carbocycles. The summed E-state index contributed by atoms with van der Waals surface area (Å²) in [4.78, 5) is 25.8. The number of hydrogen-bond acceptors (Lipinski definition) is 7. The third-order valence-corrected chi connectivity index (χ3v) is 4.60. The predicted molar refractivity (Wildman–Crippen MR) is 107 cm³/mol. The first-order valence-electron chi connectivity index (χ1n) is 9.24. The van der Waals surface area contributed by atoms with Gasteiger partial charge in [0.05, 0.1) is 5.69 Å². The summed E-state index contributed by atoms with van der Waals surface area (Å²) in [5, 5.41) is 2.76. The quantitative estimate of drug-likeness (QED) is 0.678. The average Bonchev–Trinajstić information content (AvgIpc) is 2.66. The van der Waals surface area contributed by atoms with Gasteiger partial charge in [-0.25, -0.2) is 9.97 Å². The molecule has 0 unspecified atom stereocenters. The van der Waals surface area contributed by atoms with Gasteiger partial charge >= 0.3 is 6.18 Å². The minimum absolute atomic E-state index is 0.00126. The molecule has 1 fully saturated rings. The smallest absolute Gasteiger partial charge is 0.365 e. The molecule has 1 saturated heterocycles. The zero-order valence-corrected chi connectivity index (χ0v) is 16.3. The van der Waals surface area contributed by atoms with Gasteiger partial charge in [-0.15, -0.1) is 0 Å². The van der Waals surface area contributed by atoms with Crippen LogP contribution < -0.4 is 21.7 Å². The number of halogens is 3. The van der Waals surface area contributed by atoms with E-state index in [1.807, 2.05) is 4.90 Å². The molecule has 0 bridgehead atoms. The molecule has 30 heavy (non-hydrogen) atoms. The average molecular weight is 421 g/mol. The molecule has 3 heterocycles. The lowest BCUT2D eigenvalue weighted by atomic mass is 10.1. The number of allylic oxidation sites excluding steroid dienone is 1. The Morgan fingerprint density at radius 1 is 1.33 bits per heavy atom. The molecule has 0 radical (unpaired) electrons. The Balaban J connectivity index is 2.02. The number of carbonyl (C=O) groups excluding carboxylic acids is 1. The Labute approximate surface area is 171 Å². The second-order valence-corrected chi connectivity index (χ2v) is 7.17. The molecule has 3 rings (SSSR count). The summed E-state index contributed by atoms with van der Waals surface area (Å²) in [6.07, 6.45) is -1.68. The van der Waals surface area contributed by atoms with E-state index in [0.29, 0.717) is 24.6 Å². The number of nitrogens with two attached hydrogens (primary N) is 2. The Morgan fingerprint density at radius 3 is 2.67 bits per heavy atom. The lowest BCUT2D eigenvalue weighted by Gasteiger charge is -2.31. The Morgan fingerprint density at radius 2 is 2.07 bits per heavy atom. The van der Waals surface area contributed by atoms with E-state index in [-0.39, 0.29) is 28.8 Å². The van der Waals surface area contributed by atoms with Crippen molar-refractivity contribution >= 4 is 28.9 Å². The number of pyridine rings is 1. The molecular weight excluding hydrogens is 399 g/mol. The Bertz CT molecular complexity index is 977. The van der Waals surface area contributed by atoms with Crippen LogP contribution in [0, 0.1) is 0 Å². The molecule has 0 aromatic carbocycles. The fourth-order valence-corrected chi connectivity index (χ4v) is 3.10. The van der Waals surface area contributed by atoms with Crippen molar-refractivity contribution < 1.29 is 18.0 Å². The molecule has 2 aromatic rings. The van der Waals surface area contributed by atoms with Crippen LogP contribution in [0.25, 0.3) is 5.57 Å². The largest absolute Gasteiger partial charge is 0.433 e. The maximum atomic E-state index is 13.3. The highest BCUT2D eigenvalue weighted by Crippen LogP contribution is 2.32. The number of rotatable bonds is 5. The molecule has 2 aromatic heterocycles. The Hall–Kier alpha value is -3.21. The van der Waals surface area contributed by atoms with Crippen LogP contribution in [-0.2, 0) is 6.18 Å².